The Balaban J connectivity index is 0.00000210. The van der Waals surface area contributed by atoms with Crippen LogP contribution in [0.15, 0.2) is 24.3 Å². The molecule has 3 fully saturated rings. The van der Waals surface area contributed by atoms with Gasteiger partial charge in [0.05, 0.1) is 5.41 Å². The predicted molar refractivity (Wildman–Crippen MR) is 115 cm³/mol. The van der Waals surface area contributed by atoms with Crippen molar-refractivity contribution in [2.24, 2.45) is 11.3 Å². The lowest BCUT2D eigenvalue weighted by Crippen LogP contribution is -2.44. The van der Waals surface area contributed by atoms with E-state index in [0.717, 1.165) is 57.0 Å². The smallest absolute Gasteiger partial charge is 0.232 e. The number of thioether (sulfide) groups is 1. The van der Waals surface area contributed by atoms with Gasteiger partial charge in [-0.2, -0.15) is 11.8 Å². The lowest BCUT2D eigenvalue weighted by atomic mass is 9.67. The topological polar surface area (TPSA) is 50.4 Å². The molecule has 4 nitrogen and oxygen atoms in total. The Hall–Kier alpha value is -0.750. The maximum atomic E-state index is 13.1. The van der Waals surface area contributed by atoms with E-state index in [0.29, 0.717) is 11.2 Å². The molecular formula is C21H31ClN2O2S. The molecule has 150 valence electrons. The third-order valence-corrected chi connectivity index (χ3v) is 7.77. The van der Waals surface area contributed by atoms with Crippen LogP contribution >= 0.6 is 24.2 Å². The van der Waals surface area contributed by atoms with E-state index in [-0.39, 0.29) is 23.7 Å². The summed E-state index contributed by atoms with van der Waals surface area (Å²) in [7, 11) is 0. The molecule has 27 heavy (non-hydrogen) atoms. The summed E-state index contributed by atoms with van der Waals surface area (Å²) in [6, 6.07) is 8.41. The van der Waals surface area contributed by atoms with Crippen LogP contribution in [0.4, 0.5) is 5.69 Å². The number of hydrogen-bond donors (Lipinski definition) is 2. The van der Waals surface area contributed by atoms with Gasteiger partial charge in [-0.3, -0.25) is 4.79 Å². The molecule has 1 aromatic rings. The highest BCUT2D eigenvalue weighted by molar-refractivity contribution is 7.99. The van der Waals surface area contributed by atoms with Crippen LogP contribution in [0.1, 0.15) is 44.1 Å². The van der Waals surface area contributed by atoms with Crippen molar-refractivity contribution in [3.63, 3.8) is 0 Å². The predicted octanol–water partition coefficient (Wildman–Crippen LogP) is 4.24. The summed E-state index contributed by atoms with van der Waals surface area (Å²) in [5.74, 6) is 1.73. The molecule has 0 bridgehead atoms. The fourth-order valence-electron chi connectivity index (χ4n) is 4.74. The Bertz CT molecular complexity index is 638. The van der Waals surface area contributed by atoms with Crippen molar-refractivity contribution in [2.45, 2.75) is 49.5 Å². The minimum absolute atomic E-state index is 0. The van der Waals surface area contributed by atoms with Crippen molar-refractivity contribution in [3.05, 3.63) is 29.8 Å². The Morgan fingerprint density at radius 2 is 2.11 bits per heavy atom. The van der Waals surface area contributed by atoms with Gasteiger partial charge in [-0.15, -0.1) is 12.4 Å². The molecule has 2 N–H and O–H groups in total. The molecule has 0 spiro atoms. The highest BCUT2D eigenvalue weighted by atomic mass is 35.5. The van der Waals surface area contributed by atoms with Gasteiger partial charge in [0.2, 0.25) is 5.91 Å². The maximum Gasteiger partial charge on any atom is 0.232 e. The quantitative estimate of drug-likeness (QED) is 0.762. The van der Waals surface area contributed by atoms with Crippen molar-refractivity contribution >= 4 is 35.8 Å². The molecule has 2 saturated heterocycles. The SMILES string of the molecule is Cl.O=C(Nc1cccc(CSC2CCOCC2)c1)[C@@]12CCCC[C@H]1CNC2. The summed E-state index contributed by atoms with van der Waals surface area (Å²) >= 11 is 2.02. The second-order valence-corrected chi connectivity index (χ2v) is 9.30. The van der Waals surface area contributed by atoms with Crippen molar-refractivity contribution in [3.8, 4) is 0 Å². The van der Waals surface area contributed by atoms with Crippen LogP contribution in [0.3, 0.4) is 0 Å². The lowest BCUT2D eigenvalue weighted by molar-refractivity contribution is -0.128. The van der Waals surface area contributed by atoms with Crippen LogP contribution in [0.25, 0.3) is 0 Å². The number of amides is 1. The second kappa shape index (κ2) is 9.64. The third kappa shape index (κ3) is 4.81. The minimum atomic E-state index is -0.189. The van der Waals surface area contributed by atoms with E-state index in [1.165, 1.54) is 24.8 Å². The molecule has 1 aliphatic carbocycles. The fourth-order valence-corrected chi connectivity index (χ4v) is 5.88. The van der Waals surface area contributed by atoms with E-state index >= 15 is 0 Å². The zero-order valence-electron chi connectivity index (χ0n) is 15.9. The van der Waals surface area contributed by atoms with Gasteiger partial charge in [0.1, 0.15) is 0 Å². The van der Waals surface area contributed by atoms with Crippen LogP contribution in [-0.4, -0.2) is 37.5 Å². The van der Waals surface area contributed by atoms with Gasteiger partial charge in [-0.05, 0) is 55.8 Å². The molecule has 3 aliphatic rings. The summed E-state index contributed by atoms with van der Waals surface area (Å²) in [5, 5.41) is 7.41. The Labute approximate surface area is 173 Å². The molecule has 0 aromatic heterocycles. The average molecular weight is 411 g/mol. The highest BCUT2D eigenvalue weighted by Crippen LogP contribution is 2.44. The Kier molecular flexibility index (Phi) is 7.49. The summed E-state index contributed by atoms with van der Waals surface area (Å²) in [5.41, 5.74) is 2.05. The van der Waals surface area contributed by atoms with E-state index in [2.05, 4.69) is 28.8 Å². The molecule has 2 aliphatic heterocycles. The molecule has 0 unspecified atom stereocenters. The zero-order valence-corrected chi connectivity index (χ0v) is 17.5. The fraction of sp³-hybridized carbons (Fsp3) is 0.667. The molecule has 0 radical (unpaired) electrons. The van der Waals surface area contributed by atoms with E-state index in [4.69, 9.17) is 4.74 Å². The average Bonchev–Trinajstić information content (AvgIpc) is 3.13. The standard InChI is InChI=1S/C21H30N2O2S.ClH/c24-20(21-9-2-1-5-17(21)13-22-15-21)23-18-6-3-4-16(12-18)14-26-19-7-10-25-11-8-19;/h3-4,6,12,17,19,22H,1-2,5,7-11,13-15H2,(H,23,24);1H/t17-,21+;/m0./s1. The van der Waals surface area contributed by atoms with E-state index in [1.54, 1.807) is 0 Å². The van der Waals surface area contributed by atoms with Crippen molar-refractivity contribution < 1.29 is 9.53 Å². The first-order chi connectivity index (χ1) is 12.8. The first-order valence-electron chi connectivity index (χ1n) is 10.1. The van der Waals surface area contributed by atoms with Gasteiger partial charge in [-0.1, -0.05) is 25.0 Å². The molecule has 1 saturated carbocycles. The number of carbonyl (C=O) groups excluding carboxylic acids is 1. The molecule has 1 aromatic carbocycles. The third-order valence-electron chi connectivity index (χ3n) is 6.33. The van der Waals surface area contributed by atoms with Gasteiger partial charge < -0.3 is 15.4 Å². The number of anilines is 1. The first kappa shape index (κ1) is 21.0. The maximum absolute atomic E-state index is 13.1. The summed E-state index contributed by atoms with van der Waals surface area (Å²) in [6.45, 7) is 3.62. The lowest BCUT2D eigenvalue weighted by Gasteiger charge is -2.37. The Morgan fingerprint density at radius 3 is 2.96 bits per heavy atom. The van der Waals surface area contributed by atoms with Crippen LogP contribution in [0.5, 0.6) is 0 Å². The van der Waals surface area contributed by atoms with Gasteiger partial charge in [-0.25, -0.2) is 0 Å². The van der Waals surface area contributed by atoms with Crippen LogP contribution < -0.4 is 10.6 Å². The van der Waals surface area contributed by atoms with Crippen molar-refractivity contribution in [2.75, 3.05) is 31.6 Å². The van der Waals surface area contributed by atoms with Gasteiger partial charge in [0.15, 0.2) is 0 Å². The highest BCUT2D eigenvalue weighted by Gasteiger charge is 2.49. The van der Waals surface area contributed by atoms with Gasteiger partial charge >= 0.3 is 0 Å². The van der Waals surface area contributed by atoms with E-state index in [9.17, 15) is 4.79 Å². The molecule has 2 heterocycles. The van der Waals surface area contributed by atoms with Crippen molar-refractivity contribution in [1.29, 1.82) is 0 Å². The number of fused-ring (bicyclic) bond motifs is 1. The normalized spacial score (nSPS) is 28.2. The summed E-state index contributed by atoms with van der Waals surface area (Å²) in [4.78, 5) is 13.1. The van der Waals surface area contributed by atoms with Crippen molar-refractivity contribution in [1.82, 2.24) is 5.32 Å². The van der Waals surface area contributed by atoms with E-state index in [1.807, 2.05) is 17.8 Å². The van der Waals surface area contributed by atoms with Crippen LogP contribution in [0, 0.1) is 11.3 Å². The number of halogens is 1. The number of carbonyl (C=O) groups is 1. The number of benzene rings is 1. The van der Waals surface area contributed by atoms with Crippen LogP contribution in [0.2, 0.25) is 0 Å². The molecule has 6 heteroatoms. The molecular weight excluding hydrogens is 380 g/mol. The summed E-state index contributed by atoms with van der Waals surface area (Å²) in [6.07, 6.45) is 6.95. The number of ether oxygens (including phenoxy) is 1. The number of nitrogens with one attached hydrogen (secondary N) is 2. The Morgan fingerprint density at radius 1 is 1.26 bits per heavy atom. The van der Waals surface area contributed by atoms with Crippen LogP contribution in [-0.2, 0) is 15.3 Å². The second-order valence-electron chi connectivity index (χ2n) is 8.01. The monoisotopic (exact) mass is 410 g/mol. The summed E-state index contributed by atoms with van der Waals surface area (Å²) < 4.78 is 5.44. The number of hydrogen-bond acceptors (Lipinski definition) is 4. The number of rotatable bonds is 5. The van der Waals surface area contributed by atoms with E-state index < -0.39 is 0 Å². The van der Waals surface area contributed by atoms with Gasteiger partial charge in [0, 0.05) is 36.4 Å². The first-order valence-corrected chi connectivity index (χ1v) is 11.1. The van der Waals surface area contributed by atoms with Gasteiger partial charge in [0.25, 0.3) is 0 Å². The minimum Gasteiger partial charge on any atom is -0.381 e. The molecule has 4 rings (SSSR count). The molecule has 1 amide bonds. The largest absolute Gasteiger partial charge is 0.381 e. The molecule has 2 atom stereocenters. The zero-order chi connectivity index (χ0) is 17.8.